The van der Waals surface area contributed by atoms with Crippen molar-refractivity contribution in [3.63, 3.8) is 0 Å². The molecule has 0 radical (unpaired) electrons. The third kappa shape index (κ3) is 3.54. The summed E-state index contributed by atoms with van der Waals surface area (Å²) in [5.74, 6) is 1.44. The Balaban J connectivity index is 1.95. The van der Waals surface area contributed by atoms with Gasteiger partial charge in [0.15, 0.2) is 0 Å². The van der Waals surface area contributed by atoms with Crippen LogP contribution in [-0.2, 0) is 6.18 Å². The molecule has 1 atom stereocenters. The van der Waals surface area contributed by atoms with Crippen LogP contribution in [0.1, 0.15) is 50.8 Å². The van der Waals surface area contributed by atoms with Gasteiger partial charge < -0.3 is 5.32 Å². The van der Waals surface area contributed by atoms with Crippen LogP contribution in [0.4, 0.5) is 13.2 Å². The highest BCUT2D eigenvalue weighted by molar-refractivity contribution is 5.27. The number of halogens is 3. The molecule has 1 fully saturated rings. The largest absolute Gasteiger partial charge is 0.416 e. The molecule has 0 saturated heterocycles. The van der Waals surface area contributed by atoms with E-state index in [1.807, 2.05) is 6.92 Å². The standard InChI is InChI=1S/C16H22F3N/c1-10(2)13-8-15(9-13)20-11(3)12-5-4-6-14(7-12)16(17,18)19/h4-7,10-11,13,15,20H,8-9H2,1-3H3. The Kier molecular flexibility index (Phi) is 4.43. The zero-order valence-corrected chi connectivity index (χ0v) is 12.2. The van der Waals surface area contributed by atoms with E-state index in [0.29, 0.717) is 17.5 Å². The fraction of sp³-hybridized carbons (Fsp3) is 0.625. The Morgan fingerprint density at radius 3 is 2.35 bits per heavy atom. The van der Waals surface area contributed by atoms with Crippen molar-refractivity contribution in [2.75, 3.05) is 0 Å². The third-order valence-corrected chi connectivity index (χ3v) is 4.32. The fourth-order valence-corrected chi connectivity index (χ4v) is 2.78. The Labute approximate surface area is 118 Å². The van der Waals surface area contributed by atoms with Crippen LogP contribution in [0.2, 0.25) is 0 Å². The van der Waals surface area contributed by atoms with E-state index in [0.717, 1.165) is 24.8 Å². The summed E-state index contributed by atoms with van der Waals surface area (Å²) >= 11 is 0. The lowest BCUT2D eigenvalue weighted by Crippen LogP contribution is -2.44. The molecule has 4 heteroatoms. The monoisotopic (exact) mass is 285 g/mol. The van der Waals surface area contributed by atoms with Gasteiger partial charge in [-0.05, 0) is 49.3 Å². The van der Waals surface area contributed by atoms with Crippen LogP contribution >= 0.6 is 0 Å². The second-order valence-electron chi connectivity index (χ2n) is 6.18. The van der Waals surface area contributed by atoms with Gasteiger partial charge in [-0.3, -0.25) is 0 Å². The van der Waals surface area contributed by atoms with Gasteiger partial charge in [-0.25, -0.2) is 0 Å². The maximum Gasteiger partial charge on any atom is 0.416 e. The molecular weight excluding hydrogens is 263 g/mol. The summed E-state index contributed by atoms with van der Waals surface area (Å²) in [7, 11) is 0. The molecule has 1 aliphatic carbocycles. The van der Waals surface area contributed by atoms with Crippen LogP contribution in [0, 0.1) is 11.8 Å². The minimum absolute atomic E-state index is 0.0459. The van der Waals surface area contributed by atoms with E-state index in [4.69, 9.17) is 0 Å². The van der Waals surface area contributed by atoms with E-state index >= 15 is 0 Å². The first-order chi connectivity index (χ1) is 9.27. The molecule has 0 heterocycles. The number of hydrogen-bond acceptors (Lipinski definition) is 1. The molecule has 20 heavy (non-hydrogen) atoms. The quantitative estimate of drug-likeness (QED) is 0.838. The summed E-state index contributed by atoms with van der Waals surface area (Å²) < 4.78 is 38.1. The molecule has 0 spiro atoms. The number of hydrogen-bond donors (Lipinski definition) is 1. The predicted octanol–water partition coefficient (Wildman–Crippen LogP) is 4.79. The first kappa shape index (κ1) is 15.4. The summed E-state index contributed by atoms with van der Waals surface area (Å²) in [6.45, 7) is 6.37. The van der Waals surface area contributed by atoms with Crippen molar-refractivity contribution in [2.24, 2.45) is 11.8 Å². The SMILES string of the molecule is CC(NC1CC(C(C)C)C1)c1cccc(C(F)(F)F)c1. The molecule has 2 rings (SSSR count). The molecule has 1 unspecified atom stereocenters. The highest BCUT2D eigenvalue weighted by Crippen LogP contribution is 2.35. The lowest BCUT2D eigenvalue weighted by Gasteiger charge is -2.40. The van der Waals surface area contributed by atoms with Crippen molar-refractivity contribution < 1.29 is 13.2 Å². The van der Waals surface area contributed by atoms with Gasteiger partial charge in [0.1, 0.15) is 0 Å². The number of rotatable bonds is 4. The van der Waals surface area contributed by atoms with E-state index in [-0.39, 0.29) is 6.04 Å². The second kappa shape index (κ2) is 5.76. The van der Waals surface area contributed by atoms with Crippen LogP contribution in [0.15, 0.2) is 24.3 Å². The normalized spacial score (nSPS) is 24.6. The van der Waals surface area contributed by atoms with Crippen molar-refractivity contribution in [2.45, 2.75) is 51.9 Å². The molecule has 1 aromatic rings. The molecule has 1 aliphatic rings. The Morgan fingerprint density at radius 1 is 1.15 bits per heavy atom. The molecule has 0 amide bonds. The topological polar surface area (TPSA) is 12.0 Å². The predicted molar refractivity (Wildman–Crippen MR) is 74.3 cm³/mol. The van der Waals surface area contributed by atoms with Crippen LogP contribution in [0.25, 0.3) is 0 Å². The smallest absolute Gasteiger partial charge is 0.307 e. The Morgan fingerprint density at radius 2 is 1.80 bits per heavy atom. The van der Waals surface area contributed by atoms with E-state index in [1.54, 1.807) is 6.07 Å². The molecule has 1 nitrogen and oxygen atoms in total. The molecular formula is C16H22F3N. The minimum Gasteiger partial charge on any atom is -0.307 e. The Bertz CT molecular complexity index is 447. The maximum absolute atomic E-state index is 12.7. The van der Waals surface area contributed by atoms with Gasteiger partial charge in [0, 0.05) is 12.1 Å². The highest BCUT2D eigenvalue weighted by atomic mass is 19.4. The van der Waals surface area contributed by atoms with Gasteiger partial charge in [-0.15, -0.1) is 0 Å². The van der Waals surface area contributed by atoms with Gasteiger partial charge in [0.25, 0.3) is 0 Å². The van der Waals surface area contributed by atoms with E-state index in [1.165, 1.54) is 12.1 Å². The van der Waals surface area contributed by atoms with Gasteiger partial charge in [0.05, 0.1) is 5.56 Å². The average molecular weight is 285 g/mol. The van der Waals surface area contributed by atoms with Gasteiger partial charge in [-0.2, -0.15) is 13.2 Å². The number of alkyl halides is 3. The van der Waals surface area contributed by atoms with E-state index < -0.39 is 11.7 Å². The zero-order chi connectivity index (χ0) is 14.9. The molecule has 0 aromatic heterocycles. The lowest BCUT2D eigenvalue weighted by molar-refractivity contribution is -0.137. The van der Waals surface area contributed by atoms with Crippen molar-refractivity contribution in [3.8, 4) is 0 Å². The summed E-state index contributed by atoms with van der Waals surface area (Å²) in [5.41, 5.74) is 0.130. The van der Waals surface area contributed by atoms with Gasteiger partial charge in [-0.1, -0.05) is 26.0 Å². The maximum atomic E-state index is 12.7. The second-order valence-corrected chi connectivity index (χ2v) is 6.18. The summed E-state index contributed by atoms with van der Waals surface area (Å²) in [5, 5.41) is 3.43. The zero-order valence-electron chi connectivity index (χ0n) is 12.2. The molecule has 1 saturated carbocycles. The third-order valence-electron chi connectivity index (χ3n) is 4.32. The first-order valence-electron chi connectivity index (χ1n) is 7.20. The van der Waals surface area contributed by atoms with Crippen LogP contribution in [0.3, 0.4) is 0 Å². The van der Waals surface area contributed by atoms with Crippen molar-refractivity contribution in [1.82, 2.24) is 5.32 Å². The molecule has 0 bridgehead atoms. The number of benzene rings is 1. The number of nitrogens with one attached hydrogen (secondary N) is 1. The van der Waals surface area contributed by atoms with Crippen molar-refractivity contribution in [1.29, 1.82) is 0 Å². The molecule has 112 valence electrons. The summed E-state index contributed by atoms with van der Waals surface area (Å²) in [6, 6.07) is 5.99. The van der Waals surface area contributed by atoms with Crippen molar-refractivity contribution >= 4 is 0 Å². The fourth-order valence-electron chi connectivity index (χ4n) is 2.78. The molecule has 0 aliphatic heterocycles. The van der Waals surface area contributed by atoms with E-state index in [2.05, 4.69) is 19.2 Å². The van der Waals surface area contributed by atoms with Crippen molar-refractivity contribution in [3.05, 3.63) is 35.4 Å². The highest BCUT2D eigenvalue weighted by Gasteiger charge is 2.33. The molecule has 1 N–H and O–H groups in total. The summed E-state index contributed by atoms with van der Waals surface area (Å²) in [4.78, 5) is 0. The lowest BCUT2D eigenvalue weighted by atomic mass is 9.73. The minimum atomic E-state index is -4.27. The van der Waals surface area contributed by atoms with Gasteiger partial charge >= 0.3 is 6.18 Å². The molecule has 1 aromatic carbocycles. The first-order valence-corrected chi connectivity index (χ1v) is 7.20. The van der Waals surface area contributed by atoms with Crippen LogP contribution in [-0.4, -0.2) is 6.04 Å². The van der Waals surface area contributed by atoms with E-state index in [9.17, 15) is 13.2 Å². The Hall–Kier alpha value is -1.03. The average Bonchev–Trinajstić information content (AvgIpc) is 2.31. The van der Waals surface area contributed by atoms with Crippen LogP contribution < -0.4 is 5.32 Å². The van der Waals surface area contributed by atoms with Crippen LogP contribution in [0.5, 0.6) is 0 Å². The van der Waals surface area contributed by atoms with Gasteiger partial charge in [0.2, 0.25) is 0 Å². The summed E-state index contributed by atoms with van der Waals surface area (Å²) in [6.07, 6.45) is -2.02.